The molecule has 1 amide bonds. The summed E-state index contributed by atoms with van der Waals surface area (Å²) >= 11 is 3.42. The fourth-order valence-corrected chi connectivity index (χ4v) is 2.47. The number of carbonyl (C=O) groups excluding carboxylic acids is 1. The molecule has 1 heterocycles. The summed E-state index contributed by atoms with van der Waals surface area (Å²) in [6.07, 6.45) is 1.14. The smallest absolute Gasteiger partial charge is 0.224 e. The lowest BCUT2D eigenvalue weighted by Crippen LogP contribution is -2.20. The number of fused-ring (bicyclic) bond motifs is 1. The Hall–Kier alpha value is -1.23. The molecule has 1 aromatic rings. The minimum atomic E-state index is 0.00942. The number of nitrogens with one attached hydrogen (secondary N) is 1. The van der Waals surface area contributed by atoms with Crippen LogP contribution in [0, 0.1) is 0 Å². The van der Waals surface area contributed by atoms with Gasteiger partial charge in [0.1, 0.15) is 11.5 Å². The SMILES string of the molecule is COc1cc(Br)c(OC)c2c1NC(=O)CC2. The second kappa shape index (κ2) is 4.33. The van der Waals surface area contributed by atoms with Crippen molar-refractivity contribution in [1.29, 1.82) is 0 Å². The molecular formula is C11H12BrNO3. The monoisotopic (exact) mass is 285 g/mol. The van der Waals surface area contributed by atoms with Crippen molar-refractivity contribution in [1.82, 2.24) is 0 Å². The predicted molar refractivity (Wildman–Crippen MR) is 64.2 cm³/mol. The number of hydrogen-bond donors (Lipinski definition) is 1. The Morgan fingerprint density at radius 2 is 2.06 bits per heavy atom. The number of methoxy groups -OCH3 is 2. The lowest BCUT2D eigenvalue weighted by molar-refractivity contribution is -0.116. The third-order valence-electron chi connectivity index (χ3n) is 2.59. The van der Waals surface area contributed by atoms with Crippen molar-refractivity contribution in [2.75, 3.05) is 19.5 Å². The van der Waals surface area contributed by atoms with E-state index in [0.29, 0.717) is 18.6 Å². The number of benzene rings is 1. The topological polar surface area (TPSA) is 47.6 Å². The zero-order chi connectivity index (χ0) is 11.7. The van der Waals surface area contributed by atoms with Gasteiger partial charge in [0.25, 0.3) is 0 Å². The second-order valence-electron chi connectivity index (χ2n) is 3.50. The zero-order valence-electron chi connectivity index (χ0n) is 9.09. The summed E-state index contributed by atoms with van der Waals surface area (Å²) in [5.41, 5.74) is 1.70. The van der Waals surface area contributed by atoms with Gasteiger partial charge in [0.05, 0.1) is 24.4 Å². The minimum absolute atomic E-state index is 0.00942. The van der Waals surface area contributed by atoms with Crippen molar-refractivity contribution in [2.24, 2.45) is 0 Å². The normalized spacial score (nSPS) is 14.1. The molecule has 0 atom stereocenters. The van der Waals surface area contributed by atoms with Crippen molar-refractivity contribution in [3.05, 3.63) is 16.1 Å². The van der Waals surface area contributed by atoms with Crippen LogP contribution < -0.4 is 14.8 Å². The molecular weight excluding hydrogens is 274 g/mol. The van der Waals surface area contributed by atoms with E-state index in [1.807, 2.05) is 0 Å². The van der Waals surface area contributed by atoms with E-state index < -0.39 is 0 Å². The molecule has 1 aromatic carbocycles. The van der Waals surface area contributed by atoms with E-state index in [1.54, 1.807) is 20.3 Å². The van der Waals surface area contributed by atoms with Crippen LogP contribution in [0.4, 0.5) is 5.69 Å². The Morgan fingerprint density at radius 1 is 1.31 bits per heavy atom. The van der Waals surface area contributed by atoms with Crippen LogP contribution in [0.5, 0.6) is 11.5 Å². The van der Waals surface area contributed by atoms with Crippen LogP contribution in [0.15, 0.2) is 10.5 Å². The molecule has 16 heavy (non-hydrogen) atoms. The fourth-order valence-electron chi connectivity index (χ4n) is 1.86. The third kappa shape index (κ3) is 1.75. The van der Waals surface area contributed by atoms with E-state index in [-0.39, 0.29) is 5.91 Å². The molecule has 0 saturated heterocycles. The largest absolute Gasteiger partial charge is 0.495 e. The van der Waals surface area contributed by atoms with Gasteiger partial charge >= 0.3 is 0 Å². The van der Waals surface area contributed by atoms with Crippen molar-refractivity contribution in [3.63, 3.8) is 0 Å². The molecule has 5 heteroatoms. The van der Waals surface area contributed by atoms with Gasteiger partial charge in [-0.3, -0.25) is 4.79 Å². The molecule has 0 saturated carbocycles. The maximum atomic E-state index is 11.4. The van der Waals surface area contributed by atoms with Gasteiger partial charge in [-0.05, 0) is 22.4 Å². The maximum absolute atomic E-state index is 11.4. The highest BCUT2D eigenvalue weighted by Crippen LogP contribution is 2.43. The molecule has 2 rings (SSSR count). The van der Waals surface area contributed by atoms with Crippen LogP contribution >= 0.6 is 15.9 Å². The number of rotatable bonds is 2. The van der Waals surface area contributed by atoms with E-state index in [2.05, 4.69) is 21.2 Å². The summed E-state index contributed by atoms with van der Waals surface area (Å²) in [5, 5.41) is 2.82. The molecule has 0 spiro atoms. The third-order valence-corrected chi connectivity index (χ3v) is 3.18. The molecule has 0 aliphatic carbocycles. The van der Waals surface area contributed by atoms with E-state index in [9.17, 15) is 4.79 Å². The summed E-state index contributed by atoms with van der Waals surface area (Å²) in [5.74, 6) is 1.42. The van der Waals surface area contributed by atoms with Crippen LogP contribution in [-0.4, -0.2) is 20.1 Å². The van der Waals surface area contributed by atoms with Crippen LogP contribution in [0.2, 0.25) is 0 Å². The van der Waals surface area contributed by atoms with E-state index in [4.69, 9.17) is 9.47 Å². The first-order valence-electron chi connectivity index (χ1n) is 4.90. The average Bonchev–Trinajstić information content (AvgIpc) is 2.28. The molecule has 86 valence electrons. The summed E-state index contributed by atoms with van der Waals surface area (Å²) in [7, 11) is 3.19. The molecule has 0 bridgehead atoms. The molecule has 0 radical (unpaired) electrons. The number of hydrogen-bond acceptors (Lipinski definition) is 3. The Bertz CT molecular complexity index is 445. The Kier molecular flexibility index (Phi) is 3.05. The Morgan fingerprint density at radius 3 is 2.69 bits per heavy atom. The predicted octanol–water partition coefficient (Wildman–Crippen LogP) is 2.35. The van der Waals surface area contributed by atoms with Gasteiger partial charge in [0, 0.05) is 18.1 Å². The van der Waals surface area contributed by atoms with Crippen molar-refractivity contribution in [3.8, 4) is 11.5 Å². The van der Waals surface area contributed by atoms with Gasteiger partial charge in [0.2, 0.25) is 5.91 Å². The molecule has 4 nitrogen and oxygen atoms in total. The number of carbonyl (C=O) groups is 1. The quantitative estimate of drug-likeness (QED) is 0.907. The maximum Gasteiger partial charge on any atom is 0.224 e. The van der Waals surface area contributed by atoms with Gasteiger partial charge < -0.3 is 14.8 Å². The highest BCUT2D eigenvalue weighted by molar-refractivity contribution is 9.10. The number of ether oxygens (including phenoxy) is 2. The molecule has 0 unspecified atom stereocenters. The van der Waals surface area contributed by atoms with Crippen LogP contribution in [-0.2, 0) is 11.2 Å². The average molecular weight is 286 g/mol. The number of anilines is 1. The summed E-state index contributed by atoms with van der Waals surface area (Å²) in [6.45, 7) is 0. The van der Waals surface area contributed by atoms with Gasteiger partial charge in [-0.15, -0.1) is 0 Å². The van der Waals surface area contributed by atoms with Crippen LogP contribution in [0.25, 0.3) is 0 Å². The van der Waals surface area contributed by atoms with E-state index in [1.165, 1.54) is 0 Å². The first-order valence-corrected chi connectivity index (χ1v) is 5.70. The molecule has 1 aliphatic rings. The number of amides is 1. The molecule has 1 aliphatic heterocycles. The van der Waals surface area contributed by atoms with E-state index in [0.717, 1.165) is 21.5 Å². The molecule has 0 aromatic heterocycles. The van der Waals surface area contributed by atoms with E-state index >= 15 is 0 Å². The highest BCUT2D eigenvalue weighted by atomic mass is 79.9. The van der Waals surface area contributed by atoms with Gasteiger partial charge in [-0.1, -0.05) is 0 Å². The molecule has 1 N–H and O–H groups in total. The van der Waals surface area contributed by atoms with Crippen molar-refractivity contribution < 1.29 is 14.3 Å². The highest BCUT2D eigenvalue weighted by Gasteiger charge is 2.24. The first-order chi connectivity index (χ1) is 7.67. The molecule has 0 fully saturated rings. The number of halogens is 1. The lowest BCUT2D eigenvalue weighted by Gasteiger charge is -2.22. The van der Waals surface area contributed by atoms with Crippen LogP contribution in [0.1, 0.15) is 12.0 Å². The Balaban J connectivity index is 2.62. The Labute approximate surface area is 102 Å². The summed E-state index contributed by atoms with van der Waals surface area (Å²) in [4.78, 5) is 11.4. The summed E-state index contributed by atoms with van der Waals surface area (Å²) < 4.78 is 11.4. The minimum Gasteiger partial charge on any atom is -0.495 e. The van der Waals surface area contributed by atoms with Crippen molar-refractivity contribution >= 4 is 27.5 Å². The van der Waals surface area contributed by atoms with Crippen LogP contribution in [0.3, 0.4) is 0 Å². The second-order valence-corrected chi connectivity index (χ2v) is 4.35. The van der Waals surface area contributed by atoms with Gasteiger partial charge in [0.15, 0.2) is 0 Å². The fraction of sp³-hybridized carbons (Fsp3) is 0.364. The summed E-state index contributed by atoms with van der Waals surface area (Å²) in [6, 6.07) is 1.79. The zero-order valence-corrected chi connectivity index (χ0v) is 10.7. The lowest BCUT2D eigenvalue weighted by atomic mass is 10.0. The standard InChI is InChI=1S/C11H12BrNO3/c1-15-8-5-7(12)11(16-2)6-3-4-9(14)13-10(6)8/h5H,3-4H2,1-2H3,(H,13,14). The van der Waals surface area contributed by atoms with Gasteiger partial charge in [-0.2, -0.15) is 0 Å². The van der Waals surface area contributed by atoms with Crippen molar-refractivity contribution in [2.45, 2.75) is 12.8 Å². The van der Waals surface area contributed by atoms with Gasteiger partial charge in [-0.25, -0.2) is 0 Å². The first kappa shape index (κ1) is 11.3.